The molecule has 2 amide bonds. The Kier molecular flexibility index (Phi) is 9.10. The third-order valence-corrected chi connectivity index (χ3v) is 4.16. The number of carbonyl (C=O) groups excluding carboxylic acids is 3. The zero-order valence-corrected chi connectivity index (χ0v) is 17.5. The van der Waals surface area contributed by atoms with Gasteiger partial charge in [0, 0.05) is 12.5 Å². The van der Waals surface area contributed by atoms with Gasteiger partial charge in [0.05, 0.1) is 13.7 Å². The molecule has 1 unspecified atom stereocenters. The summed E-state index contributed by atoms with van der Waals surface area (Å²) in [6, 6.07) is 13.5. The minimum absolute atomic E-state index is 0.222. The fraction of sp³-hybridized carbons (Fsp3) is 0.261. The van der Waals surface area contributed by atoms with Gasteiger partial charge in [-0.3, -0.25) is 9.59 Å². The van der Waals surface area contributed by atoms with E-state index in [9.17, 15) is 14.4 Å². The van der Waals surface area contributed by atoms with Crippen molar-refractivity contribution in [3.8, 4) is 11.5 Å². The molecule has 2 aromatic rings. The van der Waals surface area contributed by atoms with Crippen molar-refractivity contribution >= 4 is 23.9 Å². The molecule has 8 heteroatoms. The van der Waals surface area contributed by atoms with Gasteiger partial charge in [-0.25, -0.2) is 4.79 Å². The summed E-state index contributed by atoms with van der Waals surface area (Å²) in [5.74, 6) is -0.799. The molecule has 0 fully saturated rings. The number of methoxy groups -OCH3 is 1. The summed E-state index contributed by atoms with van der Waals surface area (Å²) in [4.78, 5) is 35.6. The van der Waals surface area contributed by atoms with Crippen molar-refractivity contribution < 1.29 is 28.6 Å². The van der Waals surface area contributed by atoms with Crippen LogP contribution in [0.15, 0.2) is 54.6 Å². The highest BCUT2D eigenvalue weighted by atomic mass is 16.5. The fourth-order valence-electron chi connectivity index (χ4n) is 2.73. The van der Waals surface area contributed by atoms with Crippen LogP contribution >= 0.6 is 0 Å². The van der Waals surface area contributed by atoms with Gasteiger partial charge in [0.25, 0.3) is 5.91 Å². The molecule has 0 heterocycles. The average Bonchev–Trinajstić information content (AvgIpc) is 2.76. The zero-order chi connectivity index (χ0) is 22.6. The Balaban J connectivity index is 2.07. The van der Waals surface area contributed by atoms with Gasteiger partial charge in [-0.2, -0.15) is 0 Å². The number of hydrogen-bond donors (Lipinski definition) is 2. The summed E-state index contributed by atoms with van der Waals surface area (Å²) in [5.41, 5.74) is 6.64. The number of esters is 1. The van der Waals surface area contributed by atoms with Crippen molar-refractivity contribution in [2.24, 2.45) is 5.73 Å². The maximum Gasteiger partial charge on any atom is 0.328 e. The molecule has 31 heavy (non-hydrogen) atoms. The zero-order valence-electron chi connectivity index (χ0n) is 17.5. The van der Waals surface area contributed by atoms with Gasteiger partial charge in [-0.05, 0) is 36.3 Å². The molecular formula is C23H26N2O6. The van der Waals surface area contributed by atoms with Crippen LogP contribution in [0.4, 0.5) is 0 Å². The van der Waals surface area contributed by atoms with E-state index in [4.69, 9.17) is 19.9 Å². The first-order valence-electron chi connectivity index (χ1n) is 9.71. The maximum absolute atomic E-state index is 12.4. The molecule has 0 aliphatic heterocycles. The lowest BCUT2D eigenvalue weighted by Crippen LogP contribution is -2.42. The predicted molar refractivity (Wildman–Crippen MR) is 115 cm³/mol. The highest BCUT2D eigenvalue weighted by Crippen LogP contribution is 2.28. The molecule has 0 bridgehead atoms. The van der Waals surface area contributed by atoms with Gasteiger partial charge >= 0.3 is 5.97 Å². The highest BCUT2D eigenvalue weighted by molar-refractivity contribution is 5.94. The second kappa shape index (κ2) is 12.0. The summed E-state index contributed by atoms with van der Waals surface area (Å²) in [5, 5.41) is 2.69. The summed E-state index contributed by atoms with van der Waals surface area (Å²) >= 11 is 0. The molecule has 0 radical (unpaired) electrons. The summed E-state index contributed by atoms with van der Waals surface area (Å²) in [6.07, 6.45) is 3.20. The molecule has 0 aromatic heterocycles. The van der Waals surface area contributed by atoms with Crippen LogP contribution in [0.25, 0.3) is 6.08 Å². The number of amides is 2. The predicted octanol–water partition coefficient (Wildman–Crippen LogP) is 1.86. The van der Waals surface area contributed by atoms with E-state index < -0.39 is 23.8 Å². The summed E-state index contributed by atoms with van der Waals surface area (Å²) in [7, 11) is 1.46. The van der Waals surface area contributed by atoms with E-state index in [0.29, 0.717) is 23.5 Å². The standard InChI is InChI=1S/C23H26N2O6/c1-3-30-23(28)18(13-16-7-5-4-6-8-16)25-22(27)12-10-17-9-11-19(20(14-17)29-2)31-15-21(24)26/h4-12,14,18H,3,13,15H2,1-2H3,(H2,24,26)(H,25,27). The minimum Gasteiger partial charge on any atom is -0.493 e. The van der Waals surface area contributed by atoms with Crippen molar-refractivity contribution in [2.45, 2.75) is 19.4 Å². The topological polar surface area (TPSA) is 117 Å². The molecule has 2 aromatic carbocycles. The number of benzene rings is 2. The van der Waals surface area contributed by atoms with Crippen molar-refractivity contribution in [2.75, 3.05) is 20.3 Å². The van der Waals surface area contributed by atoms with Crippen LogP contribution in [-0.2, 0) is 25.5 Å². The summed E-state index contributed by atoms with van der Waals surface area (Å²) in [6.45, 7) is 1.66. The Morgan fingerprint density at radius 2 is 1.84 bits per heavy atom. The first kappa shape index (κ1) is 23.5. The first-order valence-corrected chi connectivity index (χ1v) is 9.71. The molecule has 0 aliphatic carbocycles. The van der Waals surface area contributed by atoms with Crippen LogP contribution in [0.1, 0.15) is 18.1 Å². The van der Waals surface area contributed by atoms with Crippen molar-refractivity contribution in [1.82, 2.24) is 5.32 Å². The van der Waals surface area contributed by atoms with Crippen LogP contribution in [0.5, 0.6) is 11.5 Å². The van der Waals surface area contributed by atoms with Crippen molar-refractivity contribution in [1.29, 1.82) is 0 Å². The Morgan fingerprint density at radius 3 is 2.48 bits per heavy atom. The third kappa shape index (κ3) is 7.85. The number of nitrogens with one attached hydrogen (secondary N) is 1. The third-order valence-electron chi connectivity index (χ3n) is 4.16. The lowest BCUT2D eigenvalue weighted by molar-refractivity contribution is -0.147. The molecule has 0 saturated heterocycles. The Bertz CT molecular complexity index is 927. The van der Waals surface area contributed by atoms with E-state index in [1.807, 2.05) is 30.3 Å². The van der Waals surface area contributed by atoms with Gasteiger partial charge in [-0.1, -0.05) is 36.4 Å². The van der Waals surface area contributed by atoms with E-state index in [2.05, 4.69) is 5.32 Å². The van der Waals surface area contributed by atoms with E-state index in [1.54, 1.807) is 31.2 Å². The quantitative estimate of drug-likeness (QED) is 0.418. The Hall–Kier alpha value is -3.81. The number of hydrogen-bond acceptors (Lipinski definition) is 6. The van der Waals surface area contributed by atoms with Gasteiger partial charge in [0.15, 0.2) is 18.1 Å². The number of primary amides is 1. The number of carbonyl (C=O) groups is 3. The van der Waals surface area contributed by atoms with Crippen molar-refractivity contribution in [3.05, 3.63) is 65.7 Å². The van der Waals surface area contributed by atoms with Crippen LogP contribution in [0, 0.1) is 0 Å². The highest BCUT2D eigenvalue weighted by Gasteiger charge is 2.21. The van der Waals surface area contributed by atoms with Crippen LogP contribution in [-0.4, -0.2) is 44.1 Å². The van der Waals surface area contributed by atoms with Crippen LogP contribution < -0.4 is 20.5 Å². The molecule has 0 spiro atoms. The van der Waals surface area contributed by atoms with E-state index in [1.165, 1.54) is 13.2 Å². The average molecular weight is 426 g/mol. The van der Waals surface area contributed by atoms with Gasteiger partial charge in [-0.15, -0.1) is 0 Å². The second-order valence-electron chi connectivity index (χ2n) is 6.50. The number of nitrogens with two attached hydrogens (primary N) is 1. The Morgan fingerprint density at radius 1 is 1.10 bits per heavy atom. The minimum atomic E-state index is -0.807. The summed E-state index contributed by atoms with van der Waals surface area (Å²) < 4.78 is 15.6. The van der Waals surface area contributed by atoms with Gasteiger partial charge < -0.3 is 25.3 Å². The normalized spacial score (nSPS) is 11.5. The fourth-order valence-corrected chi connectivity index (χ4v) is 2.73. The molecule has 2 rings (SSSR count). The second-order valence-corrected chi connectivity index (χ2v) is 6.50. The molecule has 0 aliphatic rings. The van der Waals surface area contributed by atoms with E-state index in [-0.39, 0.29) is 13.2 Å². The maximum atomic E-state index is 12.4. The number of ether oxygens (including phenoxy) is 3. The van der Waals surface area contributed by atoms with E-state index >= 15 is 0 Å². The molecule has 0 saturated carbocycles. The monoisotopic (exact) mass is 426 g/mol. The molecule has 3 N–H and O–H groups in total. The van der Waals surface area contributed by atoms with Crippen LogP contribution in [0.3, 0.4) is 0 Å². The molecule has 164 valence electrons. The Labute approximate surface area is 181 Å². The largest absolute Gasteiger partial charge is 0.493 e. The van der Waals surface area contributed by atoms with Crippen LogP contribution in [0.2, 0.25) is 0 Å². The molecular weight excluding hydrogens is 400 g/mol. The number of rotatable bonds is 11. The van der Waals surface area contributed by atoms with Crippen molar-refractivity contribution in [3.63, 3.8) is 0 Å². The van der Waals surface area contributed by atoms with Gasteiger partial charge in [0.2, 0.25) is 5.91 Å². The SMILES string of the molecule is CCOC(=O)C(Cc1ccccc1)NC(=O)C=Cc1ccc(OCC(N)=O)c(OC)c1. The molecule has 8 nitrogen and oxygen atoms in total. The smallest absolute Gasteiger partial charge is 0.328 e. The molecule has 1 atom stereocenters. The van der Waals surface area contributed by atoms with Gasteiger partial charge in [0.1, 0.15) is 6.04 Å². The first-order chi connectivity index (χ1) is 14.9. The lowest BCUT2D eigenvalue weighted by atomic mass is 10.1. The van der Waals surface area contributed by atoms with E-state index in [0.717, 1.165) is 5.56 Å². The lowest BCUT2D eigenvalue weighted by Gasteiger charge is -2.16.